The number of hydrogen-bond acceptors (Lipinski definition) is 4. The van der Waals surface area contributed by atoms with Crippen molar-refractivity contribution in [1.29, 1.82) is 0 Å². The van der Waals surface area contributed by atoms with E-state index in [1.54, 1.807) is 19.1 Å². The molecule has 1 aliphatic carbocycles. The van der Waals surface area contributed by atoms with Gasteiger partial charge in [-0.2, -0.15) is 0 Å². The number of amides is 1. The predicted octanol–water partition coefficient (Wildman–Crippen LogP) is 3.00. The Morgan fingerprint density at radius 2 is 2.12 bits per heavy atom. The predicted molar refractivity (Wildman–Crippen MR) is 91.7 cm³/mol. The quantitative estimate of drug-likeness (QED) is 0.656. The van der Waals surface area contributed by atoms with E-state index in [9.17, 15) is 14.9 Å². The van der Waals surface area contributed by atoms with Crippen LogP contribution in [0.2, 0.25) is 0 Å². The van der Waals surface area contributed by atoms with E-state index in [1.165, 1.54) is 19.3 Å². The van der Waals surface area contributed by atoms with Crippen LogP contribution in [0.4, 0.5) is 5.69 Å². The number of nitrogens with one attached hydrogen (secondary N) is 2. The molecule has 3 rings (SSSR count). The molecule has 1 saturated carbocycles. The Balaban J connectivity index is 1.64. The first-order valence-corrected chi connectivity index (χ1v) is 8.77. The molecule has 6 nitrogen and oxygen atoms in total. The smallest absolute Gasteiger partial charge is 0.272 e. The zero-order valence-electron chi connectivity index (χ0n) is 14.2. The van der Waals surface area contributed by atoms with Crippen molar-refractivity contribution in [3.8, 4) is 0 Å². The lowest BCUT2D eigenvalue weighted by molar-refractivity contribution is -0.385. The normalized spacial score (nSPS) is 27.3. The first-order valence-electron chi connectivity index (χ1n) is 8.77. The van der Waals surface area contributed by atoms with Gasteiger partial charge in [0.2, 0.25) is 5.91 Å². The molecule has 2 N–H and O–H groups in total. The van der Waals surface area contributed by atoms with E-state index in [0.717, 1.165) is 18.4 Å². The Morgan fingerprint density at radius 3 is 2.83 bits per heavy atom. The Morgan fingerprint density at radius 1 is 1.38 bits per heavy atom. The molecular formula is C18H25N3O3. The summed E-state index contributed by atoms with van der Waals surface area (Å²) in [7, 11) is 0. The number of nitro benzene ring substituents is 1. The van der Waals surface area contributed by atoms with Gasteiger partial charge in [0.25, 0.3) is 5.69 Å². The Hall–Kier alpha value is -1.95. The maximum atomic E-state index is 12.6. The van der Waals surface area contributed by atoms with Crippen LogP contribution in [0.25, 0.3) is 0 Å². The number of aryl methyl sites for hydroxylation is 1. The van der Waals surface area contributed by atoms with Crippen LogP contribution >= 0.6 is 0 Å². The number of benzene rings is 1. The fourth-order valence-corrected chi connectivity index (χ4v) is 4.01. The molecule has 130 valence electrons. The molecular weight excluding hydrogens is 306 g/mol. The Kier molecular flexibility index (Phi) is 4.85. The lowest BCUT2D eigenvalue weighted by Crippen LogP contribution is -2.43. The number of nitro groups is 1. The molecule has 0 bridgehead atoms. The van der Waals surface area contributed by atoms with E-state index in [4.69, 9.17) is 0 Å². The van der Waals surface area contributed by atoms with Crippen molar-refractivity contribution in [1.82, 2.24) is 10.6 Å². The average molecular weight is 331 g/mol. The molecule has 4 atom stereocenters. The molecule has 24 heavy (non-hydrogen) atoms. The first kappa shape index (κ1) is 16.9. The van der Waals surface area contributed by atoms with Gasteiger partial charge >= 0.3 is 0 Å². The molecule has 0 aromatic heterocycles. The Labute approximate surface area is 142 Å². The number of carbonyl (C=O) groups excluding carboxylic acids is 1. The highest BCUT2D eigenvalue weighted by atomic mass is 16.6. The van der Waals surface area contributed by atoms with Crippen molar-refractivity contribution < 1.29 is 9.72 Å². The van der Waals surface area contributed by atoms with Crippen LogP contribution in [0, 0.1) is 23.0 Å². The van der Waals surface area contributed by atoms with Crippen LogP contribution in [0.15, 0.2) is 18.2 Å². The van der Waals surface area contributed by atoms with E-state index in [-0.39, 0.29) is 28.6 Å². The van der Waals surface area contributed by atoms with Crippen LogP contribution in [0.3, 0.4) is 0 Å². The second-order valence-electron chi connectivity index (χ2n) is 7.14. The number of fused-ring (bicyclic) bond motifs is 1. The van der Waals surface area contributed by atoms with Gasteiger partial charge in [0, 0.05) is 17.7 Å². The zero-order valence-corrected chi connectivity index (χ0v) is 14.2. The number of carbonyl (C=O) groups is 1. The molecule has 1 aromatic carbocycles. The Bertz CT molecular complexity index is 632. The minimum absolute atomic E-state index is 0.000119. The maximum Gasteiger partial charge on any atom is 0.272 e. The van der Waals surface area contributed by atoms with Gasteiger partial charge < -0.3 is 10.6 Å². The van der Waals surface area contributed by atoms with Crippen molar-refractivity contribution in [2.24, 2.45) is 5.92 Å². The van der Waals surface area contributed by atoms with E-state index < -0.39 is 0 Å². The van der Waals surface area contributed by atoms with E-state index >= 15 is 0 Å². The van der Waals surface area contributed by atoms with Crippen LogP contribution in [0.5, 0.6) is 0 Å². The SMILES string of the molecule is Cc1ccc(C(C)NC(=O)C2CC3CCCCC3N2)cc1[N+](=O)[O-]. The minimum atomic E-state index is -0.378. The lowest BCUT2D eigenvalue weighted by Gasteiger charge is -2.24. The van der Waals surface area contributed by atoms with Gasteiger partial charge in [0.15, 0.2) is 0 Å². The number of rotatable bonds is 4. The molecule has 1 saturated heterocycles. The highest BCUT2D eigenvalue weighted by molar-refractivity contribution is 5.82. The fourth-order valence-electron chi connectivity index (χ4n) is 4.01. The maximum absolute atomic E-state index is 12.6. The summed E-state index contributed by atoms with van der Waals surface area (Å²) in [6.07, 6.45) is 5.78. The van der Waals surface area contributed by atoms with E-state index in [1.807, 2.05) is 13.0 Å². The van der Waals surface area contributed by atoms with Crippen molar-refractivity contribution in [2.45, 2.75) is 64.1 Å². The number of hydrogen-bond donors (Lipinski definition) is 2. The summed E-state index contributed by atoms with van der Waals surface area (Å²) in [5.41, 5.74) is 1.48. The molecule has 4 unspecified atom stereocenters. The minimum Gasteiger partial charge on any atom is -0.348 e. The van der Waals surface area contributed by atoms with Gasteiger partial charge in [-0.05, 0) is 44.6 Å². The monoisotopic (exact) mass is 331 g/mol. The van der Waals surface area contributed by atoms with Gasteiger partial charge in [0.1, 0.15) is 0 Å². The molecule has 0 spiro atoms. The first-order chi connectivity index (χ1) is 11.5. The molecule has 1 amide bonds. The zero-order chi connectivity index (χ0) is 17.3. The van der Waals surface area contributed by atoms with Crippen molar-refractivity contribution in [2.75, 3.05) is 0 Å². The third kappa shape index (κ3) is 3.43. The fraction of sp³-hybridized carbons (Fsp3) is 0.611. The van der Waals surface area contributed by atoms with Crippen LogP contribution in [-0.4, -0.2) is 22.9 Å². The van der Waals surface area contributed by atoms with Gasteiger partial charge in [0.05, 0.1) is 17.0 Å². The molecule has 1 aromatic rings. The topological polar surface area (TPSA) is 84.3 Å². The molecule has 6 heteroatoms. The summed E-state index contributed by atoms with van der Waals surface area (Å²) in [5, 5.41) is 17.6. The summed E-state index contributed by atoms with van der Waals surface area (Å²) in [6.45, 7) is 3.59. The molecule has 1 aliphatic heterocycles. The summed E-state index contributed by atoms with van der Waals surface area (Å²) >= 11 is 0. The average Bonchev–Trinajstić information content (AvgIpc) is 2.99. The highest BCUT2D eigenvalue weighted by Gasteiger charge is 2.38. The number of nitrogens with zero attached hydrogens (tertiary/aromatic N) is 1. The van der Waals surface area contributed by atoms with Crippen molar-refractivity contribution in [3.63, 3.8) is 0 Å². The molecule has 2 aliphatic rings. The third-order valence-corrected chi connectivity index (χ3v) is 5.47. The summed E-state index contributed by atoms with van der Waals surface area (Å²) in [4.78, 5) is 23.3. The molecule has 0 radical (unpaired) electrons. The summed E-state index contributed by atoms with van der Waals surface area (Å²) in [5.74, 6) is 0.616. The van der Waals surface area contributed by atoms with Gasteiger partial charge in [-0.3, -0.25) is 14.9 Å². The van der Waals surface area contributed by atoms with Gasteiger partial charge in [-0.1, -0.05) is 25.0 Å². The molecule has 2 fully saturated rings. The van der Waals surface area contributed by atoms with Crippen molar-refractivity contribution >= 4 is 11.6 Å². The highest BCUT2D eigenvalue weighted by Crippen LogP contribution is 2.33. The van der Waals surface area contributed by atoms with Crippen LogP contribution in [0.1, 0.15) is 56.2 Å². The molecule has 1 heterocycles. The second-order valence-corrected chi connectivity index (χ2v) is 7.14. The van der Waals surface area contributed by atoms with Gasteiger partial charge in [-0.25, -0.2) is 0 Å². The third-order valence-electron chi connectivity index (χ3n) is 5.47. The van der Waals surface area contributed by atoms with E-state index in [2.05, 4.69) is 10.6 Å². The largest absolute Gasteiger partial charge is 0.348 e. The van der Waals surface area contributed by atoms with Gasteiger partial charge in [-0.15, -0.1) is 0 Å². The van der Waals surface area contributed by atoms with Crippen molar-refractivity contribution in [3.05, 3.63) is 39.4 Å². The van der Waals surface area contributed by atoms with E-state index in [0.29, 0.717) is 17.5 Å². The second kappa shape index (κ2) is 6.89. The summed E-state index contributed by atoms with van der Waals surface area (Å²) in [6, 6.07) is 5.22. The summed E-state index contributed by atoms with van der Waals surface area (Å²) < 4.78 is 0. The van der Waals surface area contributed by atoms with Crippen LogP contribution in [-0.2, 0) is 4.79 Å². The van der Waals surface area contributed by atoms with Crippen LogP contribution < -0.4 is 10.6 Å². The lowest BCUT2D eigenvalue weighted by atomic mass is 9.85. The standard InChI is InChI=1S/C18H25N3O3/c1-11-7-8-13(10-17(11)21(23)24)12(2)19-18(22)16-9-14-5-3-4-6-15(14)20-16/h7-8,10,12,14-16,20H,3-6,9H2,1-2H3,(H,19,22).